The molecule has 0 bridgehead atoms. The van der Waals surface area contributed by atoms with Gasteiger partial charge in [0.1, 0.15) is 5.75 Å². The number of ketones is 1. The van der Waals surface area contributed by atoms with E-state index in [2.05, 4.69) is 20.8 Å². The number of Topliss-reactive ketones (excluding diaryl/α,β-unsaturated/α-hetero) is 1. The van der Waals surface area contributed by atoms with E-state index in [1.54, 1.807) is 4.68 Å². The number of rotatable bonds is 5. The van der Waals surface area contributed by atoms with Crippen molar-refractivity contribution in [1.82, 2.24) is 20.2 Å². The van der Waals surface area contributed by atoms with Gasteiger partial charge in [0.05, 0.1) is 17.0 Å². The third kappa shape index (κ3) is 4.31. The van der Waals surface area contributed by atoms with E-state index in [4.69, 9.17) is 0 Å². The summed E-state index contributed by atoms with van der Waals surface area (Å²) in [4.78, 5) is 23.5. The minimum atomic E-state index is -0.325. The quantitative estimate of drug-likeness (QED) is 0.483. The van der Waals surface area contributed by atoms with Gasteiger partial charge >= 0.3 is 0 Å². The number of hydrogen-bond acceptors (Lipinski definition) is 7. The molecule has 0 saturated carbocycles. The first-order valence-electron chi connectivity index (χ1n) is 7.24. The molecule has 1 aromatic heterocycles. The second kappa shape index (κ2) is 7.00. The Bertz CT molecular complexity index is 767. The first kappa shape index (κ1) is 17.9. The van der Waals surface area contributed by atoms with Crippen molar-refractivity contribution in [2.45, 2.75) is 38.4 Å². The molecule has 1 heterocycles. The highest BCUT2D eigenvalue weighted by Crippen LogP contribution is 2.26. The number of benzene rings is 1. The van der Waals surface area contributed by atoms with Crippen molar-refractivity contribution >= 4 is 29.1 Å². The van der Waals surface area contributed by atoms with Crippen molar-refractivity contribution in [3.05, 3.63) is 23.8 Å². The van der Waals surface area contributed by atoms with Crippen LogP contribution in [0.5, 0.6) is 5.75 Å². The standard InChI is InChI=1S/C15H19N5O3S/c1-9(21)16-11-7-10(5-6-12(11)22)13(23)8-24-14-17-18-19-20(14)15(2,3)4/h5-7,22H,8H2,1-4H3,(H,16,21). The predicted molar refractivity (Wildman–Crippen MR) is 90.3 cm³/mol. The number of aromatic hydroxyl groups is 1. The molecular weight excluding hydrogens is 330 g/mol. The lowest BCUT2D eigenvalue weighted by molar-refractivity contribution is -0.114. The van der Waals surface area contributed by atoms with Gasteiger partial charge in [0.2, 0.25) is 11.1 Å². The number of nitrogens with zero attached hydrogens (tertiary/aromatic N) is 4. The molecule has 0 aliphatic carbocycles. The average molecular weight is 349 g/mol. The van der Waals surface area contributed by atoms with Crippen LogP contribution in [-0.2, 0) is 10.3 Å². The van der Waals surface area contributed by atoms with Crippen LogP contribution in [0.15, 0.2) is 23.4 Å². The van der Waals surface area contributed by atoms with E-state index in [-0.39, 0.29) is 34.4 Å². The number of nitrogens with one attached hydrogen (secondary N) is 1. The maximum absolute atomic E-state index is 12.4. The zero-order chi connectivity index (χ0) is 17.9. The highest BCUT2D eigenvalue weighted by atomic mass is 32.2. The van der Waals surface area contributed by atoms with Crippen LogP contribution in [0.2, 0.25) is 0 Å². The summed E-state index contributed by atoms with van der Waals surface area (Å²) in [6, 6.07) is 4.34. The zero-order valence-electron chi connectivity index (χ0n) is 13.9. The van der Waals surface area contributed by atoms with E-state index in [0.717, 1.165) is 0 Å². The molecule has 2 aromatic rings. The molecule has 1 aromatic carbocycles. The van der Waals surface area contributed by atoms with Crippen LogP contribution in [0.1, 0.15) is 38.1 Å². The highest BCUT2D eigenvalue weighted by Gasteiger charge is 2.21. The lowest BCUT2D eigenvalue weighted by Gasteiger charge is -2.19. The van der Waals surface area contributed by atoms with E-state index >= 15 is 0 Å². The van der Waals surface area contributed by atoms with Crippen molar-refractivity contribution in [3.63, 3.8) is 0 Å². The largest absolute Gasteiger partial charge is 0.506 e. The predicted octanol–water partition coefficient (Wildman–Crippen LogP) is 2.07. The Hall–Kier alpha value is -2.42. The summed E-state index contributed by atoms with van der Waals surface area (Å²) in [5.41, 5.74) is 0.308. The Balaban J connectivity index is 2.11. The van der Waals surface area contributed by atoms with Crippen LogP contribution in [0.3, 0.4) is 0 Å². The van der Waals surface area contributed by atoms with Gasteiger partial charge in [-0.1, -0.05) is 11.8 Å². The number of amides is 1. The lowest BCUT2D eigenvalue weighted by Crippen LogP contribution is -2.24. The van der Waals surface area contributed by atoms with Gasteiger partial charge in [0, 0.05) is 12.5 Å². The average Bonchev–Trinajstić information content (AvgIpc) is 2.95. The SMILES string of the molecule is CC(=O)Nc1cc(C(=O)CSc2nnnn2C(C)(C)C)ccc1O. The molecule has 0 atom stereocenters. The molecule has 0 aliphatic rings. The molecule has 0 saturated heterocycles. The Morgan fingerprint density at radius 1 is 1.33 bits per heavy atom. The number of carbonyl (C=O) groups excluding carboxylic acids is 2. The van der Waals surface area contributed by atoms with Crippen LogP contribution in [0.25, 0.3) is 0 Å². The van der Waals surface area contributed by atoms with Gasteiger partial charge in [0.15, 0.2) is 5.78 Å². The maximum Gasteiger partial charge on any atom is 0.221 e. The number of anilines is 1. The Labute approximate surface area is 143 Å². The van der Waals surface area contributed by atoms with Crippen LogP contribution in [-0.4, -0.2) is 42.8 Å². The van der Waals surface area contributed by atoms with Gasteiger partial charge < -0.3 is 10.4 Å². The number of carbonyl (C=O) groups is 2. The van der Waals surface area contributed by atoms with Gasteiger partial charge in [-0.15, -0.1) is 5.10 Å². The number of aromatic nitrogens is 4. The van der Waals surface area contributed by atoms with Crippen molar-refractivity contribution in [2.24, 2.45) is 0 Å². The number of hydrogen-bond donors (Lipinski definition) is 2. The number of tetrazole rings is 1. The van der Waals surface area contributed by atoms with Gasteiger partial charge in [-0.05, 0) is 49.4 Å². The normalized spacial score (nSPS) is 11.3. The van der Waals surface area contributed by atoms with Gasteiger partial charge in [0.25, 0.3) is 0 Å². The van der Waals surface area contributed by atoms with Crippen LogP contribution in [0.4, 0.5) is 5.69 Å². The molecule has 9 heteroatoms. The molecule has 0 aliphatic heterocycles. The van der Waals surface area contributed by atoms with Crippen LogP contribution < -0.4 is 5.32 Å². The molecule has 2 rings (SSSR count). The monoisotopic (exact) mass is 349 g/mol. The van der Waals surface area contributed by atoms with E-state index in [0.29, 0.717) is 10.7 Å². The molecule has 8 nitrogen and oxygen atoms in total. The van der Waals surface area contributed by atoms with Crippen LogP contribution in [0, 0.1) is 0 Å². The molecule has 1 amide bonds. The van der Waals surface area contributed by atoms with Gasteiger partial charge in [-0.25, -0.2) is 4.68 Å². The maximum atomic E-state index is 12.4. The first-order chi connectivity index (χ1) is 11.2. The van der Waals surface area contributed by atoms with E-state index in [1.807, 2.05) is 20.8 Å². The number of phenolic OH excluding ortho intramolecular Hbond substituents is 1. The topological polar surface area (TPSA) is 110 Å². The third-order valence-electron chi connectivity index (χ3n) is 3.04. The first-order valence-corrected chi connectivity index (χ1v) is 8.22. The summed E-state index contributed by atoms with van der Waals surface area (Å²) in [6.45, 7) is 7.23. The third-order valence-corrected chi connectivity index (χ3v) is 3.96. The molecule has 0 spiro atoms. The summed E-state index contributed by atoms with van der Waals surface area (Å²) in [5.74, 6) is -0.435. The Kier molecular flexibility index (Phi) is 5.23. The van der Waals surface area contributed by atoms with Crippen molar-refractivity contribution in [2.75, 3.05) is 11.1 Å². The van der Waals surface area contributed by atoms with Gasteiger partial charge in [-0.2, -0.15) is 0 Å². The molecule has 24 heavy (non-hydrogen) atoms. The number of phenols is 1. The lowest BCUT2D eigenvalue weighted by atomic mass is 10.1. The smallest absolute Gasteiger partial charge is 0.221 e. The van der Waals surface area contributed by atoms with E-state index in [9.17, 15) is 14.7 Å². The van der Waals surface area contributed by atoms with E-state index in [1.165, 1.54) is 36.9 Å². The highest BCUT2D eigenvalue weighted by molar-refractivity contribution is 7.99. The second-order valence-electron chi connectivity index (χ2n) is 6.17. The van der Waals surface area contributed by atoms with Crippen molar-refractivity contribution < 1.29 is 14.7 Å². The minimum Gasteiger partial charge on any atom is -0.506 e. The Morgan fingerprint density at radius 2 is 2.04 bits per heavy atom. The van der Waals surface area contributed by atoms with Crippen LogP contribution >= 0.6 is 11.8 Å². The molecule has 2 N–H and O–H groups in total. The molecule has 0 unspecified atom stereocenters. The summed E-state index contributed by atoms with van der Waals surface area (Å²) < 4.78 is 1.66. The minimum absolute atomic E-state index is 0.0916. The van der Waals surface area contributed by atoms with Gasteiger partial charge in [-0.3, -0.25) is 9.59 Å². The Morgan fingerprint density at radius 3 is 2.67 bits per heavy atom. The molecule has 0 fully saturated rings. The fourth-order valence-electron chi connectivity index (χ4n) is 1.90. The summed E-state index contributed by atoms with van der Waals surface area (Å²) in [5, 5.41) is 24.3. The molecular formula is C15H19N5O3S. The number of thioether (sulfide) groups is 1. The summed E-state index contributed by atoms with van der Waals surface area (Å²) in [6.07, 6.45) is 0. The summed E-state index contributed by atoms with van der Waals surface area (Å²) >= 11 is 1.23. The fraction of sp³-hybridized carbons (Fsp3) is 0.400. The van der Waals surface area contributed by atoms with Crippen molar-refractivity contribution in [1.29, 1.82) is 0 Å². The molecule has 0 radical (unpaired) electrons. The molecule has 128 valence electrons. The van der Waals surface area contributed by atoms with E-state index < -0.39 is 0 Å². The van der Waals surface area contributed by atoms with Crippen molar-refractivity contribution in [3.8, 4) is 5.75 Å². The second-order valence-corrected chi connectivity index (χ2v) is 7.11. The zero-order valence-corrected chi connectivity index (χ0v) is 14.7. The summed E-state index contributed by atoms with van der Waals surface area (Å²) in [7, 11) is 0. The fourth-order valence-corrected chi connectivity index (χ4v) is 2.86.